The number of thiocarbonyl (C=S) groups is 1. The number of fused-ring (bicyclic) bond motifs is 1. The Hall–Kier alpha value is -4.64. The van der Waals surface area contributed by atoms with E-state index in [0.29, 0.717) is 22.3 Å². The van der Waals surface area contributed by atoms with Crippen LogP contribution in [0.4, 0.5) is 11.4 Å². The molecule has 0 spiro atoms. The Morgan fingerprint density at radius 1 is 1.11 bits per heavy atom. The largest absolute Gasteiger partial charge is 0.497 e. The van der Waals surface area contributed by atoms with Crippen molar-refractivity contribution in [1.29, 1.82) is 0 Å². The van der Waals surface area contributed by atoms with Gasteiger partial charge >= 0.3 is 0 Å². The standard InChI is InChI=1S/C24H20N6O4S/c1-15-12-21-22(28-29(27-21)17-7-9-19(34-2)10-8-17)14-20(15)25-24(35)26-23(31)11-6-16-4-3-5-18(13-16)30(32)33/h3-14H,1-2H3,(H2,25,26,31,35)/b11-6+. The molecule has 0 aliphatic rings. The summed E-state index contributed by atoms with van der Waals surface area (Å²) in [5.41, 5.74) is 4.14. The number of aryl methyl sites for hydroxylation is 1. The van der Waals surface area contributed by atoms with Crippen LogP contribution in [0.15, 0.2) is 66.7 Å². The average molecular weight is 489 g/mol. The highest BCUT2D eigenvalue weighted by atomic mass is 32.1. The molecule has 1 amide bonds. The molecule has 35 heavy (non-hydrogen) atoms. The predicted molar refractivity (Wildman–Crippen MR) is 137 cm³/mol. The number of ether oxygens (including phenoxy) is 1. The van der Waals surface area contributed by atoms with Crippen LogP contribution in [-0.4, -0.2) is 38.0 Å². The number of carbonyl (C=O) groups is 1. The number of benzene rings is 3. The molecule has 0 aliphatic carbocycles. The van der Waals surface area contributed by atoms with Gasteiger partial charge in [-0.1, -0.05) is 12.1 Å². The third-order valence-electron chi connectivity index (χ3n) is 5.02. The Morgan fingerprint density at radius 2 is 1.83 bits per heavy atom. The lowest BCUT2D eigenvalue weighted by atomic mass is 10.2. The zero-order valence-corrected chi connectivity index (χ0v) is 19.6. The van der Waals surface area contributed by atoms with Crippen LogP contribution in [0, 0.1) is 17.0 Å². The van der Waals surface area contributed by atoms with Gasteiger partial charge in [0.15, 0.2) is 5.11 Å². The van der Waals surface area contributed by atoms with Crippen LogP contribution in [0.2, 0.25) is 0 Å². The molecule has 0 fully saturated rings. The number of amides is 1. The lowest BCUT2D eigenvalue weighted by Gasteiger charge is -2.10. The number of rotatable bonds is 6. The average Bonchev–Trinajstić information content (AvgIpc) is 3.25. The highest BCUT2D eigenvalue weighted by Gasteiger charge is 2.11. The van der Waals surface area contributed by atoms with E-state index in [9.17, 15) is 14.9 Å². The van der Waals surface area contributed by atoms with Crippen LogP contribution in [0.5, 0.6) is 5.75 Å². The Morgan fingerprint density at radius 3 is 2.51 bits per heavy atom. The summed E-state index contributed by atoms with van der Waals surface area (Å²) < 4.78 is 5.18. The van der Waals surface area contributed by atoms with Crippen molar-refractivity contribution in [3.8, 4) is 11.4 Å². The number of nitro groups is 1. The third-order valence-corrected chi connectivity index (χ3v) is 5.23. The predicted octanol–water partition coefficient (Wildman–Crippen LogP) is 4.17. The van der Waals surface area contributed by atoms with E-state index >= 15 is 0 Å². The number of carbonyl (C=O) groups excluding carboxylic acids is 1. The lowest BCUT2D eigenvalue weighted by molar-refractivity contribution is -0.384. The molecule has 1 heterocycles. The zero-order valence-electron chi connectivity index (χ0n) is 18.8. The fraction of sp³-hybridized carbons (Fsp3) is 0.0833. The van der Waals surface area contributed by atoms with Gasteiger partial charge in [-0.3, -0.25) is 20.2 Å². The number of non-ortho nitro benzene ring substituents is 1. The first kappa shape index (κ1) is 23.5. The molecule has 2 N–H and O–H groups in total. The molecule has 1 aromatic heterocycles. The number of nitro benzene ring substituents is 1. The van der Waals surface area contributed by atoms with Crippen LogP contribution < -0.4 is 15.4 Å². The van der Waals surface area contributed by atoms with Crippen molar-refractivity contribution in [3.05, 3.63) is 88.0 Å². The monoisotopic (exact) mass is 488 g/mol. The van der Waals surface area contributed by atoms with Crippen LogP contribution >= 0.6 is 12.2 Å². The first-order valence-corrected chi connectivity index (χ1v) is 10.8. The van der Waals surface area contributed by atoms with Crippen molar-refractivity contribution in [2.75, 3.05) is 12.4 Å². The minimum atomic E-state index is -0.495. The highest BCUT2D eigenvalue weighted by Crippen LogP contribution is 2.23. The smallest absolute Gasteiger partial charge is 0.270 e. The van der Waals surface area contributed by atoms with Crippen molar-refractivity contribution in [2.45, 2.75) is 6.92 Å². The molecule has 0 radical (unpaired) electrons. The Balaban J connectivity index is 1.44. The summed E-state index contributed by atoms with van der Waals surface area (Å²) in [6.07, 6.45) is 2.73. The van der Waals surface area contributed by atoms with Gasteiger partial charge in [0.05, 0.1) is 17.7 Å². The second kappa shape index (κ2) is 10.1. The number of methoxy groups -OCH3 is 1. The quantitative estimate of drug-likeness (QED) is 0.179. The molecule has 11 heteroatoms. The topological polar surface area (TPSA) is 124 Å². The molecular formula is C24H20N6O4S. The number of hydrogen-bond donors (Lipinski definition) is 2. The van der Waals surface area contributed by atoms with Gasteiger partial charge < -0.3 is 10.1 Å². The Labute approximate surface area is 205 Å². The molecule has 0 aliphatic heterocycles. The fourth-order valence-corrected chi connectivity index (χ4v) is 3.47. The maximum Gasteiger partial charge on any atom is 0.270 e. The first-order valence-electron chi connectivity index (χ1n) is 10.4. The van der Waals surface area contributed by atoms with E-state index < -0.39 is 10.8 Å². The zero-order chi connectivity index (χ0) is 24.9. The van der Waals surface area contributed by atoms with E-state index in [1.54, 1.807) is 25.3 Å². The van der Waals surface area contributed by atoms with Crippen LogP contribution in [0.3, 0.4) is 0 Å². The summed E-state index contributed by atoms with van der Waals surface area (Å²) >= 11 is 5.27. The summed E-state index contributed by atoms with van der Waals surface area (Å²) in [6, 6.07) is 17.0. The second-order valence-corrected chi connectivity index (χ2v) is 7.88. The van der Waals surface area contributed by atoms with Gasteiger partial charge in [0.1, 0.15) is 16.8 Å². The van der Waals surface area contributed by atoms with Crippen molar-refractivity contribution >= 4 is 51.7 Å². The van der Waals surface area contributed by atoms with Gasteiger partial charge in [0, 0.05) is 23.9 Å². The molecule has 10 nitrogen and oxygen atoms in total. The number of nitrogens with zero attached hydrogens (tertiary/aromatic N) is 4. The summed E-state index contributed by atoms with van der Waals surface area (Å²) in [6.45, 7) is 1.89. The Bertz CT molecular complexity index is 1460. The number of aromatic nitrogens is 3. The molecule has 176 valence electrons. The maximum absolute atomic E-state index is 12.2. The Kier molecular flexibility index (Phi) is 6.78. The van der Waals surface area contributed by atoms with Crippen molar-refractivity contribution < 1.29 is 14.5 Å². The minimum Gasteiger partial charge on any atom is -0.497 e. The van der Waals surface area contributed by atoms with Gasteiger partial charge in [-0.05, 0) is 72.7 Å². The minimum absolute atomic E-state index is 0.0560. The van der Waals surface area contributed by atoms with Crippen LogP contribution in [-0.2, 0) is 4.79 Å². The van der Waals surface area contributed by atoms with Gasteiger partial charge in [0.2, 0.25) is 5.91 Å². The maximum atomic E-state index is 12.2. The molecule has 0 bridgehead atoms. The van der Waals surface area contributed by atoms with Crippen LogP contribution in [0.25, 0.3) is 22.8 Å². The van der Waals surface area contributed by atoms with Gasteiger partial charge in [-0.2, -0.15) is 4.80 Å². The number of hydrogen-bond acceptors (Lipinski definition) is 7. The van der Waals surface area contributed by atoms with Crippen LogP contribution in [0.1, 0.15) is 11.1 Å². The van der Waals surface area contributed by atoms with Gasteiger partial charge in [-0.15, -0.1) is 10.2 Å². The fourth-order valence-electron chi connectivity index (χ4n) is 3.25. The molecule has 0 saturated carbocycles. The molecular weight excluding hydrogens is 468 g/mol. The van der Waals surface area contributed by atoms with Crippen molar-refractivity contribution in [1.82, 2.24) is 20.3 Å². The third kappa shape index (κ3) is 5.65. The summed E-state index contributed by atoms with van der Waals surface area (Å²) in [5.74, 6) is 0.265. The van der Waals surface area contributed by atoms with Crippen molar-refractivity contribution in [2.24, 2.45) is 0 Å². The van der Waals surface area contributed by atoms with E-state index in [2.05, 4.69) is 20.8 Å². The summed E-state index contributed by atoms with van der Waals surface area (Å²) in [7, 11) is 1.60. The number of anilines is 1. The number of nitrogens with one attached hydrogen (secondary N) is 2. The molecule has 4 rings (SSSR count). The first-order chi connectivity index (χ1) is 16.8. The molecule has 3 aromatic carbocycles. The highest BCUT2D eigenvalue weighted by molar-refractivity contribution is 7.80. The van der Waals surface area contributed by atoms with E-state index in [4.69, 9.17) is 17.0 Å². The summed E-state index contributed by atoms with van der Waals surface area (Å²) in [4.78, 5) is 24.2. The molecule has 0 saturated heterocycles. The molecule has 0 unspecified atom stereocenters. The van der Waals surface area contributed by atoms with Gasteiger partial charge in [0.25, 0.3) is 5.69 Å². The normalized spacial score (nSPS) is 10.9. The second-order valence-electron chi connectivity index (χ2n) is 7.47. The van der Waals surface area contributed by atoms with E-state index in [1.165, 1.54) is 29.1 Å². The van der Waals surface area contributed by atoms with E-state index in [0.717, 1.165) is 17.0 Å². The lowest BCUT2D eigenvalue weighted by Crippen LogP contribution is -2.33. The van der Waals surface area contributed by atoms with E-state index in [1.807, 2.05) is 37.3 Å². The molecule has 0 atom stereocenters. The summed E-state index contributed by atoms with van der Waals surface area (Å²) in [5, 5.41) is 25.6. The van der Waals surface area contributed by atoms with E-state index in [-0.39, 0.29) is 10.8 Å². The molecule has 4 aromatic rings. The van der Waals surface area contributed by atoms with Gasteiger partial charge in [-0.25, -0.2) is 0 Å². The SMILES string of the molecule is COc1ccc(-n2nc3cc(C)c(NC(=S)NC(=O)/C=C/c4cccc([N+](=O)[O-])c4)cc3n2)cc1. The van der Waals surface area contributed by atoms with Crippen molar-refractivity contribution in [3.63, 3.8) is 0 Å².